The molecule has 0 saturated heterocycles. The number of carbonyl (C=O) groups excluding carboxylic acids is 1. The molecule has 0 radical (unpaired) electrons. The molecule has 0 spiro atoms. The van der Waals surface area contributed by atoms with Gasteiger partial charge in [-0.05, 0) is 26.0 Å². The number of pyridine rings is 1. The summed E-state index contributed by atoms with van der Waals surface area (Å²) in [5, 5.41) is 0. The van der Waals surface area contributed by atoms with Crippen LogP contribution < -0.4 is 10.5 Å². The highest BCUT2D eigenvalue weighted by atomic mass is 16.5. The van der Waals surface area contributed by atoms with E-state index in [1.807, 2.05) is 19.9 Å². The summed E-state index contributed by atoms with van der Waals surface area (Å²) in [6.07, 6.45) is 3.36. The molecule has 18 heavy (non-hydrogen) atoms. The van der Waals surface area contributed by atoms with Crippen LogP contribution in [-0.4, -0.2) is 15.9 Å². The minimum Gasteiger partial charge on any atom is -0.481 e. The van der Waals surface area contributed by atoms with Crippen LogP contribution in [0.1, 0.15) is 29.9 Å². The van der Waals surface area contributed by atoms with E-state index in [1.165, 1.54) is 0 Å². The minimum atomic E-state index is -0.518. The zero-order chi connectivity index (χ0) is 12.9. The molecule has 1 amide bonds. The van der Waals surface area contributed by atoms with Crippen LogP contribution in [0.3, 0.4) is 0 Å². The monoisotopic (exact) mass is 243 g/mol. The van der Waals surface area contributed by atoms with Gasteiger partial charge in [0, 0.05) is 17.3 Å². The lowest BCUT2D eigenvalue weighted by Gasteiger charge is -2.32. The average Bonchev–Trinajstić information content (AvgIpc) is 2.74. The average molecular weight is 243 g/mol. The SMILES string of the molecule is CC1(C)Oc2cnccc2-c2[nH]c(C(N)=O)cc21. The maximum Gasteiger partial charge on any atom is 0.265 e. The van der Waals surface area contributed by atoms with Crippen LogP contribution in [-0.2, 0) is 5.60 Å². The van der Waals surface area contributed by atoms with Crippen molar-refractivity contribution in [2.45, 2.75) is 19.4 Å². The lowest BCUT2D eigenvalue weighted by atomic mass is 9.92. The van der Waals surface area contributed by atoms with Crippen LogP contribution >= 0.6 is 0 Å². The highest BCUT2D eigenvalue weighted by Gasteiger charge is 2.34. The number of amides is 1. The van der Waals surface area contributed by atoms with Crippen molar-refractivity contribution in [3.8, 4) is 17.0 Å². The third-order valence-corrected chi connectivity index (χ3v) is 3.15. The Morgan fingerprint density at radius 1 is 1.50 bits per heavy atom. The van der Waals surface area contributed by atoms with Crippen LogP contribution in [0.15, 0.2) is 24.5 Å². The van der Waals surface area contributed by atoms with Crippen molar-refractivity contribution >= 4 is 5.91 Å². The van der Waals surface area contributed by atoms with Crippen molar-refractivity contribution in [3.63, 3.8) is 0 Å². The van der Waals surface area contributed by atoms with Gasteiger partial charge in [0.1, 0.15) is 17.0 Å². The van der Waals surface area contributed by atoms with E-state index >= 15 is 0 Å². The van der Waals surface area contributed by atoms with Crippen molar-refractivity contribution in [2.24, 2.45) is 5.73 Å². The van der Waals surface area contributed by atoms with Crippen LogP contribution in [0.5, 0.6) is 5.75 Å². The fourth-order valence-electron chi connectivity index (χ4n) is 2.27. The number of H-pyrrole nitrogens is 1. The smallest absolute Gasteiger partial charge is 0.265 e. The summed E-state index contributed by atoms with van der Waals surface area (Å²) in [6, 6.07) is 3.60. The molecule has 3 rings (SSSR count). The Bertz CT molecular complexity index is 643. The summed E-state index contributed by atoms with van der Waals surface area (Å²) in [6.45, 7) is 3.89. The van der Waals surface area contributed by atoms with Gasteiger partial charge in [-0.15, -0.1) is 0 Å². The number of aromatic nitrogens is 2. The number of rotatable bonds is 1. The molecule has 0 saturated carbocycles. The molecule has 0 bridgehead atoms. The van der Waals surface area contributed by atoms with Gasteiger partial charge in [-0.25, -0.2) is 0 Å². The van der Waals surface area contributed by atoms with E-state index in [2.05, 4.69) is 9.97 Å². The maximum absolute atomic E-state index is 11.3. The predicted molar refractivity (Wildman–Crippen MR) is 66.2 cm³/mol. The van der Waals surface area contributed by atoms with Crippen molar-refractivity contribution in [2.75, 3.05) is 0 Å². The standard InChI is InChI=1S/C13H13N3O2/c1-13(2)8-5-9(12(14)17)16-11(8)7-3-4-15-6-10(7)18-13/h3-6,16H,1-2H3,(H2,14,17). The van der Waals surface area contributed by atoms with Gasteiger partial charge in [0.25, 0.3) is 5.91 Å². The van der Waals surface area contributed by atoms with Crippen LogP contribution in [0.4, 0.5) is 0 Å². The van der Waals surface area contributed by atoms with Gasteiger partial charge in [0.05, 0.1) is 11.9 Å². The molecule has 5 heteroatoms. The van der Waals surface area contributed by atoms with Crippen LogP contribution in [0, 0.1) is 0 Å². The Morgan fingerprint density at radius 2 is 2.28 bits per heavy atom. The normalized spacial score (nSPS) is 15.4. The second kappa shape index (κ2) is 3.35. The van der Waals surface area contributed by atoms with Gasteiger partial charge in [-0.1, -0.05) is 0 Å². The summed E-state index contributed by atoms with van der Waals surface area (Å²) in [5.74, 6) is 0.226. The minimum absolute atomic E-state index is 0.390. The van der Waals surface area contributed by atoms with E-state index < -0.39 is 11.5 Å². The number of carbonyl (C=O) groups is 1. The van der Waals surface area contributed by atoms with Crippen LogP contribution in [0.2, 0.25) is 0 Å². The van der Waals surface area contributed by atoms with E-state index in [0.29, 0.717) is 11.4 Å². The third kappa shape index (κ3) is 1.40. The highest BCUT2D eigenvalue weighted by molar-refractivity contribution is 5.93. The largest absolute Gasteiger partial charge is 0.481 e. The summed E-state index contributed by atoms with van der Waals surface area (Å²) in [4.78, 5) is 18.4. The summed E-state index contributed by atoms with van der Waals surface area (Å²) < 4.78 is 5.90. The highest BCUT2D eigenvalue weighted by Crippen LogP contribution is 2.44. The fraction of sp³-hybridized carbons (Fsp3) is 0.231. The summed E-state index contributed by atoms with van der Waals surface area (Å²) >= 11 is 0. The van der Waals surface area contributed by atoms with E-state index in [0.717, 1.165) is 16.8 Å². The number of nitrogens with two attached hydrogens (primary N) is 1. The Balaban J connectivity index is 2.29. The van der Waals surface area contributed by atoms with E-state index in [1.54, 1.807) is 18.5 Å². The fourth-order valence-corrected chi connectivity index (χ4v) is 2.27. The number of ether oxygens (including phenoxy) is 1. The molecule has 2 aromatic rings. The topological polar surface area (TPSA) is 81.0 Å². The zero-order valence-electron chi connectivity index (χ0n) is 10.2. The molecule has 3 N–H and O–H groups in total. The van der Waals surface area contributed by atoms with Gasteiger partial charge in [-0.2, -0.15) is 0 Å². The molecule has 0 aliphatic carbocycles. The van der Waals surface area contributed by atoms with Gasteiger partial charge < -0.3 is 15.5 Å². The Hall–Kier alpha value is -2.30. The van der Waals surface area contributed by atoms with Gasteiger partial charge in [-0.3, -0.25) is 9.78 Å². The molecule has 3 heterocycles. The Labute approximate surface area is 104 Å². The lowest BCUT2D eigenvalue weighted by molar-refractivity contribution is 0.0995. The summed E-state index contributed by atoms with van der Waals surface area (Å²) in [7, 11) is 0. The molecule has 2 aromatic heterocycles. The Morgan fingerprint density at radius 3 is 3.00 bits per heavy atom. The molecular formula is C13H13N3O2. The molecule has 92 valence electrons. The first-order valence-corrected chi connectivity index (χ1v) is 5.66. The lowest BCUT2D eigenvalue weighted by Crippen LogP contribution is -2.28. The van der Waals surface area contributed by atoms with Gasteiger partial charge >= 0.3 is 0 Å². The Kier molecular flexibility index (Phi) is 2.02. The maximum atomic E-state index is 11.3. The number of nitrogens with zero attached hydrogens (tertiary/aromatic N) is 1. The number of fused-ring (bicyclic) bond motifs is 3. The molecule has 0 atom stereocenters. The number of primary amides is 1. The molecular weight excluding hydrogens is 230 g/mol. The van der Waals surface area contributed by atoms with Crippen molar-refractivity contribution < 1.29 is 9.53 Å². The number of hydrogen-bond donors (Lipinski definition) is 2. The second-order valence-electron chi connectivity index (χ2n) is 4.82. The first-order valence-electron chi connectivity index (χ1n) is 5.66. The molecule has 5 nitrogen and oxygen atoms in total. The van der Waals surface area contributed by atoms with Crippen LogP contribution in [0.25, 0.3) is 11.3 Å². The van der Waals surface area contributed by atoms with Crippen molar-refractivity contribution in [1.29, 1.82) is 0 Å². The van der Waals surface area contributed by atoms with E-state index in [-0.39, 0.29) is 0 Å². The quantitative estimate of drug-likeness (QED) is 0.801. The molecule has 1 aliphatic rings. The van der Waals surface area contributed by atoms with Gasteiger partial charge in [0.2, 0.25) is 0 Å². The number of hydrogen-bond acceptors (Lipinski definition) is 3. The zero-order valence-corrected chi connectivity index (χ0v) is 10.2. The first kappa shape index (κ1) is 10.8. The molecule has 0 unspecified atom stereocenters. The van der Waals surface area contributed by atoms with E-state index in [9.17, 15) is 4.79 Å². The molecule has 1 aliphatic heterocycles. The number of nitrogens with one attached hydrogen (secondary N) is 1. The second-order valence-corrected chi connectivity index (χ2v) is 4.82. The first-order chi connectivity index (χ1) is 8.49. The summed E-state index contributed by atoms with van der Waals surface area (Å²) in [5.41, 5.74) is 7.88. The molecule has 0 fully saturated rings. The van der Waals surface area contributed by atoms with Crippen molar-refractivity contribution in [1.82, 2.24) is 9.97 Å². The predicted octanol–water partition coefficient (Wildman–Crippen LogP) is 1.80. The molecule has 0 aromatic carbocycles. The van der Waals surface area contributed by atoms with Crippen molar-refractivity contribution in [3.05, 3.63) is 35.8 Å². The third-order valence-electron chi connectivity index (χ3n) is 3.15. The number of aromatic amines is 1. The van der Waals surface area contributed by atoms with Gasteiger partial charge in [0.15, 0.2) is 0 Å². The van der Waals surface area contributed by atoms with E-state index in [4.69, 9.17) is 10.5 Å².